The molecule has 1 unspecified atom stereocenters. The number of fused-ring (bicyclic) bond motifs is 1. The van der Waals surface area contributed by atoms with Gasteiger partial charge in [0.05, 0.1) is 16.6 Å². The van der Waals surface area contributed by atoms with Crippen LogP contribution in [-0.2, 0) is 6.42 Å². The van der Waals surface area contributed by atoms with Crippen molar-refractivity contribution in [3.8, 4) is 0 Å². The minimum atomic E-state index is -0.443. The molecule has 2 N–H and O–H groups in total. The maximum atomic E-state index is 11.4. The highest BCUT2D eigenvalue weighted by Gasteiger charge is 2.31. The van der Waals surface area contributed by atoms with Gasteiger partial charge >= 0.3 is 0 Å². The van der Waals surface area contributed by atoms with E-state index >= 15 is 0 Å². The van der Waals surface area contributed by atoms with E-state index in [4.69, 9.17) is 5.73 Å². The number of nitrogens with two attached hydrogens (primary N) is 1. The molecule has 0 radical (unpaired) electrons. The van der Waals surface area contributed by atoms with Crippen LogP contribution in [0.25, 0.3) is 0 Å². The standard InChI is InChI=1S/C15H16BrN3OS/c1-8-9(4-3-5-10(8)16)12-13-11(6-7-19(12)2)18-15(21-13)14(17)20/h3-5,12H,6-7H2,1-2H3,(H2,17,20). The molecule has 1 atom stereocenters. The molecule has 2 heterocycles. The zero-order chi connectivity index (χ0) is 15.1. The highest BCUT2D eigenvalue weighted by atomic mass is 79.9. The van der Waals surface area contributed by atoms with E-state index in [0.717, 1.165) is 28.0 Å². The number of carbonyl (C=O) groups excluding carboxylic acids is 1. The number of benzene rings is 1. The number of halogens is 1. The van der Waals surface area contributed by atoms with Gasteiger partial charge in [0.15, 0.2) is 5.01 Å². The van der Waals surface area contributed by atoms with E-state index in [2.05, 4.69) is 45.9 Å². The number of hydrogen-bond donors (Lipinski definition) is 1. The van der Waals surface area contributed by atoms with Crippen LogP contribution in [0.3, 0.4) is 0 Å². The number of primary amides is 1. The second-order valence-electron chi connectivity index (χ2n) is 5.28. The summed E-state index contributed by atoms with van der Waals surface area (Å²) in [6.07, 6.45) is 0.860. The lowest BCUT2D eigenvalue weighted by atomic mass is 9.95. The van der Waals surface area contributed by atoms with E-state index in [-0.39, 0.29) is 6.04 Å². The number of likely N-dealkylation sites (N-methyl/N-ethyl adjacent to an activating group) is 1. The lowest BCUT2D eigenvalue weighted by Crippen LogP contribution is -2.32. The third-order valence-electron chi connectivity index (χ3n) is 3.93. The molecule has 1 aliphatic rings. The number of aromatic nitrogens is 1. The molecule has 0 saturated carbocycles. The van der Waals surface area contributed by atoms with E-state index in [0.29, 0.717) is 5.01 Å². The van der Waals surface area contributed by atoms with Gasteiger partial charge in [0.1, 0.15) is 0 Å². The fourth-order valence-corrected chi connectivity index (χ4v) is 4.30. The Morgan fingerprint density at radius 2 is 2.29 bits per heavy atom. The van der Waals surface area contributed by atoms with Crippen molar-refractivity contribution in [1.82, 2.24) is 9.88 Å². The molecule has 0 aliphatic carbocycles. The highest BCUT2D eigenvalue weighted by molar-refractivity contribution is 9.10. The first-order valence-electron chi connectivity index (χ1n) is 6.73. The Hall–Kier alpha value is -1.24. The van der Waals surface area contributed by atoms with Crippen LogP contribution in [0, 0.1) is 6.92 Å². The van der Waals surface area contributed by atoms with Gasteiger partial charge in [-0.05, 0) is 31.2 Å². The van der Waals surface area contributed by atoms with Crippen molar-refractivity contribution in [3.05, 3.63) is 49.4 Å². The zero-order valence-corrected chi connectivity index (χ0v) is 14.3. The fraction of sp³-hybridized carbons (Fsp3) is 0.333. The summed E-state index contributed by atoms with van der Waals surface area (Å²) in [6, 6.07) is 6.37. The topological polar surface area (TPSA) is 59.2 Å². The average molecular weight is 366 g/mol. The van der Waals surface area contributed by atoms with Crippen molar-refractivity contribution in [2.45, 2.75) is 19.4 Å². The van der Waals surface area contributed by atoms with Crippen molar-refractivity contribution in [2.24, 2.45) is 5.73 Å². The molecule has 0 fully saturated rings. The van der Waals surface area contributed by atoms with Gasteiger partial charge < -0.3 is 5.73 Å². The van der Waals surface area contributed by atoms with Crippen LogP contribution in [0.15, 0.2) is 22.7 Å². The van der Waals surface area contributed by atoms with Crippen LogP contribution in [0.2, 0.25) is 0 Å². The van der Waals surface area contributed by atoms with Gasteiger partial charge in [-0.1, -0.05) is 28.1 Å². The summed E-state index contributed by atoms with van der Waals surface area (Å²) >= 11 is 5.02. The lowest BCUT2D eigenvalue weighted by Gasteiger charge is -2.33. The third kappa shape index (κ3) is 2.52. The van der Waals surface area contributed by atoms with Crippen LogP contribution >= 0.6 is 27.3 Å². The van der Waals surface area contributed by atoms with Crippen LogP contribution in [0.1, 0.15) is 37.5 Å². The first-order valence-corrected chi connectivity index (χ1v) is 8.34. The first kappa shape index (κ1) is 14.7. The molecule has 6 heteroatoms. The van der Waals surface area contributed by atoms with Gasteiger partial charge in [0.2, 0.25) is 0 Å². The van der Waals surface area contributed by atoms with Crippen molar-refractivity contribution in [3.63, 3.8) is 0 Å². The SMILES string of the molecule is Cc1c(Br)cccc1C1c2sc(C(N)=O)nc2CCN1C. The van der Waals surface area contributed by atoms with Gasteiger partial charge in [-0.15, -0.1) is 11.3 Å². The largest absolute Gasteiger partial charge is 0.364 e. The average Bonchev–Trinajstić information content (AvgIpc) is 2.87. The number of rotatable bonds is 2. The number of amides is 1. The number of carbonyl (C=O) groups is 1. The van der Waals surface area contributed by atoms with E-state index in [9.17, 15) is 4.79 Å². The smallest absolute Gasteiger partial charge is 0.277 e. The zero-order valence-electron chi connectivity index (χ0n) is 11.9. The number of hydrogen-bond acceptors (Lipinski definition) is 4. The summed E-state index contributed by atoms with van der Waals surface area (Å²) in [7, 11) is 2.11. The normalized spacial score (nSPS) is 18.5. The Labute approximate surface area is 136 Å². The van der Waals surface area contributed by atoms with Crippen molar-refractivity contribution >= 4 is 33.2 Å². The minimum absolute atomic E-state index is 0.136. The summed E-state index contributed by atoms with van der Waals surface area (Å²) in [5.74, 6) is -0.443. The molecular weight excluding hydrogens is 350 g/mol. The summed E-state index contributed by atoms with van der Waals surface area (Å²) in [5.41, 5.74) is 8.86. The second-order valence-corrected chi connectivity index (χ2v) is 7.17. The molecule has 1 aromatic heterocycles. The van der Waals surface area contributed by atoms with E-state index < -0.39 is 5.91 Å². The van der Waals surface area contributed by atoms with E-state index in [1.54, 1.807) is 0 Å². The molecule has 110 valence electrons. The Morgan fingerprint density at radius 3 is 3.00 bits per heavy atom. The first-order chi connectivity index (χ1) is 9.99. The molecule has 1 amide bonds. The summed E-state index contributed by atoms with van der Waals surface area (Å²) in [6.45, 7) is 3.03. The summed E-state index contributed by atoms with van der Waals surface area (Å²) in [5, 5.41) is 0.410. The van der Waals surface area contributed by atoms with Crippen molar-refractivity contribution < 1.29 is 4.79 Å². The van der Waals surface area contributed by atoms with E-state index in [1.807, 2.05) is 12.1 Å². The predicted octanol–water partition coefficient (Wildman–Crippen LogP) is 2.89. The molecule has 1 aromatic carbocycles. The maximum absolute atomic E-state index is 11.4. The van der Waals surface area contributed by atoms with E-state index in [1.165, 1.54) is 22.5 Å². The fourth-order valence-electron chi connectivity index (χ4n) is 2.77. The Morgan fingerprint density at radius 1 is 1.52 bits per heavy atom. The Bertz CT molecular complexity index is 713. The molecule has 21 heavy (non-hydrogen) atoms. The lowest BCUT2D eigenvalue weighted by molar-refractivity contribution is 0.0999. The van der Waals surface area contributed by atoms with Gasteiger partial charge in [0.25, 0.3) is 5.91 Å². The monoisotopic (exact) mass is 365 g/mol. The van der Waals surface area contributed by atoms with Gasteiger partial charge in [0, 0.05) is 17.4 Å². The van der Waals surface area contributed by atoms with Crippen LogP contribution < -0.4 is 5.73 Å². The molecule has 4 nitrogen and oxygen atoms in total. The van der Waals surface area contributed by atoms with Gasteiger partial charge in [-0.3, -0.25) is 9.69 Å². The summed E-state index contributed by atoms with van der Waals surface area (Å²) < 4.78 is 1.10. The molecule has 0 bridgehead atoms. The second kappa shape index (κ2) is 5.51. The maximum Gasteiger partial charge on any atom is 0.277 e. The molecule has 3 rings (SSSR count). The van der Waals surface area contributed by atoms with Gasteiger partial charge in [-0.25, -0.2) is 4.98 Å². The van der Waals surface area contributed by atoms with Crippen LogP contribution in [-0.4, -0.2) is 29.4 Å². The molecule has 0 spiro atoms. The molecule has 2 aromatic rings. The van der Waals surface area contributed by atoms with Crippen molar-refractivity contribution in [2.75, 3.05) is 13.6 Å². The highest BCUT2D eigenvalue weighted by Crippen LogP contribution is 2.40. The molecule has 0 saturated heterocycles. The minimum Gasteiger partial charge on any atom is -0.364 e. The van der Waals surface area contributed by atoms with Crippen molar-refractivity contribution in [1.29, 1.82) is 0 Å². The van der Waals surface area contributed by atoms with Gasteiger partial charge in [-0.2, -0.15) is 0 Å². The Kier molecular flexibility index (Phi) is 3.86. The molecular formula is C15H16BrN3OS. The predicted molar refractivity (Wildman–Crippen MR) is 87.7 cm³/mol. The summed E-state index contributed by atoms with van der Waals surface area (Å²) in [4.78, 5) is 19.3. The quantitative estimate of drug-likeness (QED) is 0.889. The van der Waals surface area contributed by atoms with Crippen LogP contribution in [0.4, 0.5) is 0 Å². The molecule has 1 aliphatic heterocycles. The third-order valence-corrected chi connectivity index (χ3v) is 5.96. The number of thiazole rings is 1. The number of nitrogens with zero attached hydrogens (tertiary/aromatic N) is 2. The Balaban J connectivity index is 2.15. The van der Waals surface area contributed by atoms with Crippen LogP contribution in [0.5, 0.6) is 0 Å².